The lowest BCUT2D eigenvalue weighted by Crippen LogP contribution is -2.52. The van der Waals surface area contributed by atoms with Crippen LogP contribution in [0.25, 0.3) is 0 Å². The molecule has 1 aliphatic carbocycles. The fourth-order valence-electron chi connectivity index (χ4n) is 1.86. The van der Waals surface area contributed by atoms with Gasteiger partial charge in [-0.1, -0.05) is 0 Å². The molecule has 0 heterocycles. The summed E-state index contributed by atoms with van der Waals surface area (Å²) in [7, 11) is 1.64. The van der Waals surface area contributed by atoms with Gasteiger partial charge in [0.15, 0.2) is 0 Å². The average molecular weight is 244 g/mol. The fourth-order valence-corrected chi connectivity index (χ4v) is 1.86. The summed E-state index contributed by atoms with van der Waals surface area (Å²) in [5.74, 6) is -1.01. The first kappa shape index (κ1) is 13.8. The first-order chi connectivity index (χ1) is 8.03. The molecule has 2 amide bonds. The Morgan fingerprint density at radius 1 is 1.47 bits per heavy atom. The highest BCUT2D eigenvalue weighted by molar-refractivity contribution is 5.80. The van der Waals surface area contributed by atoms with Gasteiger partial charge in [-0.3, -0.25) is 4.79 Å². The van der Waals surface area contributed by atoms with Crippen LogP contribution in [0, 0.1) is 0 Å². The van der Waals surface area contributed by atoms with Gasteiger partial charge in [-0.05, 0) is 26.2 Å². The lowest BCUT2D eigenvalue weighted by Gasteiger charge is -2.40. The maximum atomic E-state index is 11.7. The zero-order chi connectivity index (χ0) is 12.9. The smallest absolute Gasteiger partial charge is 0.323 e. The van der Waals surface area contributed by atoms with E-state index in [1.165, 1.54) is 4.90 Å². The molecule has 0 spiro atoms. The first-order valence-corrected chi connectivity index (χ1v) is 5.83. The maximum Gasteiger partial charge on any atom is 0.323 e. The number of carbonyl (C=O) groups is 2. The van der Waals surface area contributed by atoms with Crippen molar-refractivity contribution in [3.8, 4) is 0 Å². The van der Waals surface area contributed by atoms with Crippen LogP contribution in [0.3, 0.4) is 0 Å². The summed E-state index contributed by atoms with van der Waals surface area (Å²) in [6.45, 7) is 2.29. The molecule has 1 rings (SSSR count). The molecule has 0 aromatic carbocycles. The quantitative estimate of drug-likeness (QED) is 0.720. The van der Waals surface area contributed by atoms with Gasteiger partial charge in [-0.15, -0.1) is 0 Å². The highest BCUT2D eigenvalue weighted by Gasteiger charge is 2.37. The summed E-state index contributed by atoms with van der Waals surface area (Å²) in [6, 6.07) is -0.349. The molecular weight excluding hydrogens is 224 g/mol. The number of rotatable bonds is 6. The molecule has 6 nitrogen and oxygen atoms in total. The van der Waals surface area contributed by atoms with Crippen molar-refractivity contribution in [2.24, 2.45) is 0 Å². The summed E-state index contributed by atoms with van der Waals surface area (Å²) in [6.07, 6.45) is 2.99. The van der Waals surface area contributed by atoms with Crippen LogP contribution in [0.5, 0.6) is 0 Å². The van der Waals surface area contributed by atoms with Crippen molar-refractivity contribution in [3.63, 3.8) is 0 Å². The van der Waals surface area contributed by atoms with Crippen molar-refractivity contribution in [2.75, 3.05) is 26.7 Å². The molecule has 1 saturated carbocycles. The molecule has 0 aromatic rings. The number of nitrogens with zero attached hydrogens (tertiary/aromatic N) is 1. The predicted molar refractivity (Wildman–Crippen MR) is 61.9 cm³/mol. The molecular formula is C11H20N2O4. The van der Waals surface area contributed by atoms with Gasteiger partial charge in [0.2, 0.25) is 0 Å². The molecule has 1 aliphatic rings. The van der Waals surface area contributed by atoms with Gasteiger partial charge < -0.3 is 20.1 Å². The largest absolute Gasteiger partial charge is 0.480 e. The van der Waals surface area contributed by atoms with E-state index in [0.717, 1.165) is 19.3 Å². The van der Waals surface area contributed by atoms with Gasteiger partial charge in [-0.2, -0.15) is 0 Å². The molecule has 98 valence electrons. The Bertz CT molecular complexity index is 284. The topological polar surface area (TPSA) is 78.9 Å². The van der Waals surface area contributed by atoms with E-state index < -0.39 is 5.97 Å². The van der Waals surface area contributed by atoms with E-state index in [4.69, 9.17) is 9.84 Å². The number of carbonyl (C=O) groups excluding carboxylic acids is 1. The van der Waals surface area contributed by atoms with Crippen LogP contribution in [-0.4, -0.2) is 54.4 Å². The minimum atomic E-state index is -1.01. The lowest BCUT2D eigenvalue weighted by atomic mass is 9.80. The Morgan fingerprint density at radius 2 is 2.12 bits per heavy atom. The second kappa shape index (κ2) is 5.86. The zero-order valence-corrected chi connectivity index (χ0v) is 10.4. The summed E-state index contributed by atoms with van der Waals surface area (Å²) < 4.78 is 5.37. The van der Waals surface area contributed by atoms with E-state index in [1.54, 1.807) is 14.0 Å². The van der Waals surface area contributed by atoms with Crippen molar-refractivity contribution in [2.45, 2.75) is 31.8 Å². The number of amides is 2. The van der Waals surface area contributed by atoms with Gasteiger partial charge in [-0.25, -0.2) is 4.79 Å². The highest BCUT2D eigenvalue weighted by atomic mass is 16.5. The van der Waals surface area contributed by atoms with Gasteiger partial charge >= 0.3 is 12.0 Å². The number of ether oxygens (including phenoxy) is 1. The average Bonchev–Trinajstić information content (AvgIpc) is 2.24. The van der Waals surface area contributed by atoms with E-state index >= 15 is 0 Å². The standard InChI is InChI=1S/C11H20N2O4/c1-3-13(7-9(14)15)10(16)12-8-11(17-2)5-4-6-11/h3-8H2,1-2H3,(H,12,16)(H,14,15). The molecule has 0 unspecified atom stereocenters. The lowest BCUT2D eigenvalue weighted by molar-refractivity contribution is -0.137. The number of urea groups is 1. The Hall–Kier alpha value is -1.30. The monoisotopic (exact) mass is 244 g/mol. The van der Waals surface area contributed by atoms with Crippen molar-refractivity contribution < 1.29 is 19.4 Å². The molecule has 17 heavy (non-hydrogen) atoms. The third kappa shape index (κ3) is 3.59. The van der Waals surface area contributed by atoms with Crippen LogP contribution in [0.1, 0.15) is 26.2 Å². The number of nitrogens with one attached hydrogen (secondary N) is 1. The summed E-state index contributed by atoms with van der Waals surface area (Å²) in [4.78, 5) is 23.5. The Morgan fingerprint density at radius 3 is 2.47 bits per heavy atom. The SMILES string of the molecule is CCN(CC(=O)O)C(=O)NCC1(OC)CCC1. The van der Waals surface area contributed by atoms with Crippen molar-refractivity contribution >= 4 is 12.0 Å². The number of carboxylic acid groups (broad SMARTS) is 1. The summed E-state index contributed by atoms with van der Waals surface area (Å²) in [5.41, 5.74) is -0.238. The van der Waals surface area contributed by atoms with E-state index in [9.17, 15) is 9.59 Å². The number of hydrogen-bond donors (Lipinski definition) is 2. The first-order valence-electron chi connectivity index (χ1n) is 5.83. The summed E-state index contributed by atoms with van der Waals surface area (Å²) >= 11 is 0. The molecule has 1 fully saturated rings. The van der Waals surface area contributed by atoms with Crippen molar-refractivity contribution in [3.05, 3.63) is 0 Å². The van der Waals surface area contributed by atoms with Crippen LogP contribution < -0.4 is 5.32 Å². The molecule has 0 bridgehead atoms. The molecule has 0 aromatic heterocycles. The molecule has 0 atom stereocenters. The number of aliphatic carboxylic acids is 1. The van der Waals surface area contributed by atoms with Gasteiger partial charge in [0.05, 0.1) is 5.60 Å². The van der Waals surface area contributed by atoms with Crippen molar-refractivity contribution in [1.29, 1.82) is 0 Å². The molecule has 6 heteroatoms. The van der Waals surface area contributed by atoms with Gasteiger partial charge in [0.25, 0.3) is 0 Å². The third-order valence-electron chi connectivity index (χ3n) is 3.25. The van der Waals surface area contributed by atoms with Gasteiger partial charge in [0, 0.05) is 20.2 Å². The van der Waals surface area contributed by atoms with E-state index in [0.29, 0.717) is 13.1 Å². The number of likely N-dealkylation sites (N-methyl/N-ethyl adjacent to an activating group) is 1. The summed E-state index contributed by atoms with van der Waals surface area (Å²) in [5, 5.41) is 11.4. The number of carboxylic acids is 1. The number of hydrogen-bond acceptors (Lipinski definition) is 3. The Labute approximate surface area is 101 Å². The fraction of sp³-hybridized carbons (Fsp3) is 0.818. The number of methoxy groups -OCH3 is 1. The minimum absolute atomic E-state index is 0.238. The molecule has 2 N–H and O–H groups in total. The molecule has 0 saturated heterocycles. The van der Waals surface area contributed by atoms with Crippen LogP contribution in [0.4, 0.5) is 4.79 Å². The van der Waals surface area contributed by atoms with E-state index in [2.05, 4.69) is 5.32 Å². The van der Waals surface area contributed by atoms with Crippen LogP contribution in [0.15, 0.2) is 0 Å². The van der Waals surface area contributed by atoms with Crippen molar-refractivity contribution in [1.82, 2.24) is 10.2 Å². The normalized spacial score (nSPS) is 17.1. The van der Waals surface area contributed by atoms with Crippen LogP contribution >= 0.6 is 0 Å². The Balaban J connectivity index is 2.39. The minimum Gasteiger partial charge on any atom is -0.480 e. The van der Waals surface area contributed by atoms with Crippen LogP contribution in [0.2, 0.25) is 0 Å². The van der Waals surface area contributed by atoms with Crippen LogP contribution in [-0.2, 0) is 9.53 Å². The van der Waals surface area contributed by atoms with Gasteiger partial charge in [0.1, 0.15) is 6.54 Å². The second-order valence-electron chi connectivity index (χ2n) is 4.31. The highest BCUT2D eigenvalue weighted by Crippen LogP contribution is 2.34. The van der Waals surface area contributed by atoms with E-state index in [1.807, 2.05) is 0 Å². The third-order valence-corrected chi connectivity index (χ3v) is 3.25. The molecule has 0 radical (unpaired) electrons. The Kier molecular flexibility index (Phi) is 4.74. The maximum absolute atomic E-state index is 11.7. The zero-order valence-electron chi connectivity index (χ0n) is 10.4. The second-order valence-corrected chi connectivity index (χ2v) is 4.31. The van der Waals surface area contributed by atoms with E-state index in [-0.39, 0.29) is 18.2 Å². The predicted octanol–water partition coefficient (Wildman–Crippen LogP) is 0.672. The molecule has 0 aliphatic heterocycles.